The molecule has 0 radical (unpaired) electrons. The van der Waals surface area contributed by atoms with Crippen LogP contribution in [0.4, 0.5) is 10.7 Å². The van der Waals surface area contributed by atoms with Crippen LogP contribution in [-0.2, 0) is 9.53 Å². The monoisotopic (exact) mass is 477 g/mol. The lowest BCUT2D eigenvalue weighted by Crippen LogP contribution is -2.43. The van der Waals surface area contributed by atoms with Gasteiger partial charge in [-0.05, 0) is 34.1 Å². The fourth-order valence-corrected chi connectivity index (χ4v) is 4.18. The summed E-state index contributed by atoms with van der Waals surface area (Å²) in [6.45, 7) is 5.74. The van der Waals surface area contributed by atoms with Crippen molar-refractivity contribution in [2.75, 3.05) is 11.9 Å². The van der Waals surface area contributed by atoms with Gasteiger partial charge in [0.15, 0.2) is 0 Å². The normalized spacial score (nSPS) is 13.5. The van der Waals surface area contributed by atoms with Crippen molar-refractivity contribution in [1.82, 2.24) is 20.5 Å². The number of hydrogen-bond acceptors (Lipinski definition) is 6. The predicted octanol–water partition coefficient (Wildman–Crippen LogP) is 3.78. The minimum absolute atomic E-state index is 0.0996. The number of anilines is 1. The second kappa shape index (κ2) is 9.57. The lowest BCUT2D eigenvalue weighted by Gasteiger charge is -2.23. The Bertz CT molecular complexity index is 1220. The Hall–Kier alpha value is -4.21. The van der Waals surface area contributed by atoms with Crippen molar-refractivity contribution in [2.24, 2.45) is 5.41 Å². The largest absolute Gasteiger partial charge is 0.480 e. The van der Waals surface area contributed by atoms with Gasteiger partial charge in [-0.2, -0.15) is 4.98 Å². The third-order valence-corrected chi connectivity index (χ3v) is 5.68. The summed E-state index contributed by atoms with van der Waals surface area (Å²) in [5.74, 6) is -2.37. The first-order valence-corrected chi connectivity index (χ1v) is 11.2. The molecule has 1 aromatic heterocycles. The quantitative estimate of drug-likeness (QED) is 0.405. The van der Waals surface area contributed by atoms with Crippen LogP contribution in [0.2, 0.25) is 0 Å². The maximum absolute atomic E-state index is 12.4. The van der Waals surface area contributed by atoms with Crippen LogP contribution in [0.25, 0.3) is 11.1 Å². The van der Waals surface area contributed by atoms with Gasteiger partial charge in [-0.25, -0.2) is 9.59 Å². The number of aromatic amines is 1. The number of carbonyl (C=O) groups excluding carboxylic acids is 2. The molecule has 10 nitrogen and oxygen atoms in total. The van der Waals surface area contributed by atoms with Crippen LogP contribution in [0, 0.1) is 5.41 Å². The fourth-order valence-electron chi connectivity index (χ4n) is 4.18. The molecule has 10 heteroatoms. The van der Waals surface area contributed by atoms with E-state index in [4.69, 9.17) is 4.74 Å². The molecule has 1 heterocycles. The highest BCUT2D eigenvalue weighted by Crippen LogP contribution is 2.44. The predicted molar refractivity (Wildman–Crippen MR) is 128 cm³/mol. The van der Waals surface area contributed by atoms with Crippen LogP contribution in [0.15, 0.2) is 48.5 Å². The molecule has 182 valence electrons. The molecule has 0 fully saturated rings. The van der Waals surface area contributed by atoms with E-state index in [1.807, 2.05) is 69.3 Å². The summed E-state index contributed by atoms with van der Waals surface area (Å²) in [5, 5.41) is 20.4. The molecule has 35 heavy (non-hydrogen) atoms. The molecule has 4 rings (SSSR count). The van der Waals surface area contributed by atoms with Gasteiger partial charge >= 0.3 is 12.1 Å². The van der Waals surface area contributed by atoms with Gasteiger partial charge in [0.1, 0.15) is 12.6 Å². The number of aromatic nitrogens is 3. The van der Waals surface area contributed by atoms with Gasteiger partial charge in [0, 0.05) is 5.92 Å². The fraction of sp³-hybridized carbons (Fsp3) is 0.320. The first-order chi connectivity index (χ1) is 16.6. The zero-order valence-electron chi connectivity index (χ0n) is 19.7. The summed E-state index contributed by atoms with van der Waals surface area (Å²) in [7, 11) is 0. The Morgan fingerprint density at radius 1 is 1.06 bits per heavy atom. The van der Waals surface area contributed by atoms with Crippen molar-refractivity contribution in [1.29, 1.82) is 0 Å². The van der Waals surface area contributed by atoms with Gasteiger partial charge in [0.25, 0.3) is 11.9 Å². The Labute approximate surface area is 202 Å². The summed E-state index contributed by atoms with van der Waals surface area (Å²) >= 11 is 0. The maximum Gasteiger partial charge on any atom is 0.414 e. The number of rotatable bonds is 7. The number of nitrogens with zero attached hydrogens (tertiary/aromatic N) is 2. The molecule has 3 aromatic rings. The minimum atomic E-state index is -1.15. The summed E-state index contributed by atoms with van der Waals surface area (Å²) < 4.78 is 5.44. The van der Waals surface area contributed by atoms with Crippen molar-refractivity contribution in [3.05, 3.63) is 65.5 Å². The van der Waals surface area contributed by atoms with Gasteiger partial charge in [0.05, 0.1) is 0 Å². The first-order valence-electron chi connectivity index (χ1n) is 11.2. The SMILES string of the molecule is CC(C)(C)CC(NC(=O)c1nc(NC(=O)OCC2c3ccccc3-c3ccccc32)n[nH]1)C(=O)O. The Morgan fingerprint density at radius 3 is 2.23 bits per heavy atom. The first kappa shape index (κ1) is 23.9. The third kappa shape index (κ3) is 5.48. The number of nitrogens with one attached hydrogen (secondary N) is 3. The molecule has 4 N–H and O–H groups in total. The number of aliphatic carboxylic acids is 1. The lowest BCUT2D eigenvalue weighted by atomic mass is 9.88. The number of amides is 2. The number of hydrogen-bond donors (Lipinski definition) is 4. The van der Waals surface area contributed by atoms with E-state index < -0.39 is 24.0 Å². The number of fused-ring (bicyclic) bond motifs is 3. The van der Waals surface area contributed by atoms with Crippen molar-refractivity contribution >= 4 is 23.9 Å². The summed E-state index contributed by atoms with van der Waals surface area (Å²) in [5.41, 5.74) is 4.10. The molecule has 2 amide bonds. The molecule has 1 atom stereocenters. The summed E-state index contributed by atoms with van der Waals surface area (Å²) in [6.07, 6.45) is -0.540. The number of benzene rings is 2. The Balaban J connectivity index is 1.36. The van der Waals surface area contributed by atoms with Gasteiger partial charge in [0.2, 0.25) is 5.82 Å². The molecule has 0 aliphatic heterocycles. The van der Waals surface area contributed by atoms with E-state index in [9.17, 15) is 19.5 Å². The van der Waals surface area contributed by atoms with Crippen molar-refractivity contribution in [3.8, 4) is 11.1 Å². The third-order valence-electron chi connectivity index (χ3n) is 5.68. The summed E-state index contributed by atoms with van der Waals surface area (Å²) in [4.78, 5) is 40.2. The Morgan fingerprint density at radius 2 is 1.66 bits per heavy atom. The van der Waals surface area contributed by atoms with Crippen LogP contribution >= 0.6 is 0 Å². The molecule has 1 unspecified atom stereocenters. The molecule has 2 aromatic carbocycles. The maximum atomic E-state index is 12.4. The molecule has 0 spiro atoms. The highest BCUT2D eigenvalue weighted by atomic mass is 16.5. The van der Waals surface area contributed by atoms with Crippen LogP contribution < -0.4 is 10.6 Å². The van der Waals surface area contributed by atoms with E-state index in [1.165, 1.54) is 0 Å². The van der Waals surface area contributed by atoms with E-state index in [2.05, 4.69) is 25.8 Å². The molecule has 0 saturated heterocycles. The van der Waals surface area contributed by atoms with Crippen molar-refractivity contribution in [2.45, 2.75) is 39.2 Å². The second-order valence-electron chi connectivity index (χ2n) is 9.59. The minimum Gasteiger partial charge on any atom is -0.480 e. The second-order valence-corrected chi connectivity index (χ2v) is 9.59. The van der Waals surface area contributed by atoms with E-state index in [1.54, 1.807) is 0 Å². The van der Waals surface area contributed by atoms with Gasteiger partial charge in [-0.3, -0.25) is 15.2 Å². The zero-order chi connectivity index (χ0) is 25.2. The van der Waals surface area contributed by atoms with Crippen LogP contribution in [-0.4, -0.2) is 50.9 Å². The number of H-pyrrole nitrogens is 1. The number of carbonyl (C=O) groups is 3. The molecular formula is C25H27N5O5. The highest BCUT2D eigenvalue weighted by molar-refractivity contribution is 5.94. The number of carboxylic acids is 1. The molecule has 0 bridgehead atoms. The highest BCUT2D eigenvalue weighted by Gasteiger charge is 2.30. The average Bonchev–Trinajstić information content (AvgIpc) is 3.39. The van der Waals surface area contributed by atoms with Gasteiger partial charge in [-0.15, -0.1) is 5.10 Å². The standard InChI is InChI=1S/C25H27N5O5/c1-25(2,3)12-19(22(32)33)26-21(31)20-27-23(30-29-20)28-24(34)35-13-18-16-10-6-4-8-14(16)15-9-5-7-11-17(15)18/h4-11,18-19H,12-13H2,1-3H3,(H,26,31)(H,32,33)(H2,27,28,29,30,34). The number of ether oxygens (including phenoxy) is 1. The molecule has 0 saturated carbocycles. The van der Waals surface area contributed by atoms with Crippen LogP contribution in [0.3, 0.4) is 0 Å². The van der Waals surface area contributed by atoms with Gasteiger partial charge in [-0.1, -0.05) is 69.3 Å². The smallest absolute Gasteiger partial charge is 0.414 e. The van der Waals surface area contributed by atoms with Gasteiger partial charge < -0.3 is 15.2 Å². The average molecular weight is 478 g/mol. The zero-order valence-corrected chi connectivity index (χ0v) is 19.7. The lowest BCUT2D eigenvalue weighted by molar-refractivity contribution is -0.140. The molecular weight excluding hydrogens is 450 g/mol. The van der Waals surface area contributed by atoms with Crippen LogP contribution in [0.5, 0.6) is 0 Å². The van der Waals surface area contributed by atoms with E-state index in [-0.39, 0.29) is 36.1 Å². The van der Waals surface area contributed by atoms with E-state index in [0.717, 1.165) is 22.3 Å². The molecule has 1 aliphatic carbocycles. The van der Waals surface area contributed by atoms with E-state index in [0.29, 0.717) is 0 Å². The van der Waals surface area contributed by atoms with E-state index >= 15 is 0 Å². The van der Waals surface area contributed by atoms with Crippen molar-refractivity contribution in [3.63, 3.8) is 0 Å². The summed E-state index contributed by atoms with van der Waals surface area (Å²) in [6, 6.07) is 14.9. The number of carboxylic acid groups (broad SMARTS) is 1. The van der Waals surface area contributed by atoms with Crippen molar-refractivity contribution < 1.29 is 24.2 Å². The topological polar surface area (TPSA) is 146 Å². The van der Waals surface area contributed by atoms with Crippen LogP contribution in [0.1, 0.15) is 54.9 Å². The molecule has 1 aliphatic rings. The Kier molecular flexibility index (Phi) is 6.54.